The number of aromatic nitrogens is 3. The summed E-state index contributed by atoms with van der Waals surface area (Å²) in [6.45, 7) is 4.07. The van der Waals surface area contributed by atoms with Crippen molar-refractivity contribution in [2.75, 3.05) is 26.2 Å². The molecule has 3 heterocycles. The highest BCUT2D eigenvalue weighted by Gasteiger charge is 2.29. The van der Waals surface area contributed by atoms with Crippen LogP contribution in [0.3, 0.4) is 0 Å². The summed E-state index contributed by atoms with van der Waals surface area (Å²) in [4.78, 5) is 14.7. The van der Waals surface area contributed by atoms with E-state index < -0.39 is 0 Å². The van der Waals surface area contributed by atoms with Crippen LogP contribution in [0.4, 0.5) is 0 Å². The Kier molecular flexibility index (Phi) is 3.99. The Hall–Kier alpha value is -1.95. The van der Waals surface area contributed by atoms with Crippen LogP contribution in [0.2, 0.25) is 0 Å². The molecule has 122 valence electrons. The van der Waals surface area contributed by atoms with E-state index >= 15 is 0 Å². The molecular weight excluding hydrogens is 290 g/mol. The van der Waals surface area contributed by atoms with Crippen LogP contribution in [0, 0.1) is 11.8 Å². The van der Waals surface area contributed by atoms with Crippen LogP contribution in [-0.4, -0.2) is 52.4 Å². The van der Waals surface area contributed by atoms with Gasteiger partial charge in [0.2, 0.25) is 0 Å². The highest BCUT2D eigenvalue weighted by atomic mass is 16.2. The predicted octanol–water partition coefficient (Wildman–Crippen LogP) is 1.81. The van der Waals surface area contributed by atoms with Gasteiger partial charge in [0.1, 0.15) is 11.0 Å². The molecule has 0 spiro atoms. The number of aromatic amines is 1. The molecule has 0 bridgehead atoms. The largest absolute Gasteiger partial charge is 0.339 e. The second kappa shape index (κ2) is 6.28. The molecule has 0 aliphatic carbocycles. The topological polar surface area (TPSA) is 73.9 Å². The zero-order valence-electron chi connectivity index (χ0n) is 13.3. The molecule has 2 aliphatic heterocycles. The summed E-state index contributed by atoms with van der Waals surface area (Å²) in [5.41, 5.74) is 2.26. The number of nitrogens with zero attached hydrogens (tertiary/aromatic N) is 3. The summed E-state index contributed by atoms with van der Waals surface area (Å²) in [5, 5.41) is 14.1. The van der Waals surface area contributed by atoms with Gasteiger partial charge in [-0.3, -0.25) is 4.79 Å². The summed E-state index contributed by atoms with van der Waals surface area (Å²) in [6.07, 6.45) is 4.87. The molecule has 1 aromatic carbocycles. The number of likely N-dealkylation sites (tertiary alicyclic amines) is 1. The molecule has 0 atom stereocenters. The lowest BCUT2D eigenvalue weighted by Gasteiger charge is -2.37. The van der Waals surface area contributed by atoms with Crippen molar-refractivity contribution in [2.45, 2.75) is 25.7 Å². The molecule has 1 amide bonds. The van der Waals surface area contributed by atoms with E-state index in [0.717, 1.165) is 61.9 Å². The van der Waals surface area contributed by atoms with Crippen molar-refractivity contribution in [3.05, 3.63) is 23.8 Å². The summed E-state index contributed by atoms with van der Waals surface area (Å²) >= 11 is 0. The maximum atomic E-state index is 12.7. The van der Waals surface area contributed by atoms with Gasteiger partial charge in [0.05, 0.1) is 0 Å². The lowest BCUT2D eigenvalue weighted by atomic mass is 9.79. The Balaban J connectivity index is 1.40. The lowest BCUT2D eigenvalue weighted by molar-refractivity contribution is 0.0642. The fourth-order valence-electron chi connectivity index (χ4n) is 4.05. The molecule has 2 aliphatic rings. The van der Waals surface area contributed by atoms with E-state index in [4.69, 9.17) is 0 Å². The van der Waals surface area contributed by atoms with Gasteiger partial charge in [-0.15, -0.1) is 0 Å². The number of hydrogen-bond acceptors (Lipinski definition) is 4. The molecule has 0 saturated carbocycles. The average molecular weight is 313 g/mol. The molecule has 1 aromatic heterocycles. The number of nitrogens with one attached hydrogen (secondary N) is 2. The van der Waals surface area contributed by atoms with Crippen LogP contribution in [0.15, 0.2) is 18.2 Å². The van der Waals surface area contributed by atoms with Crippen LogP contribution < -0.4 is 5.32 Å². The number of amides is 1. The second-order valence-corrected chi connectivity index (χ2v) is 6.74. The van der Waals surface area contributed by atoms with Gasteiger partial charge in [-0.2, -0.15) is 15.4 Å². The van der Waals surface area contributed by atoms with E-state index in [1.54, 1.807) is 0 Å². The van der Waals surface area contributed by atoms with Gasteiger partial charge >= 0.3 is 0 Å². The summed E-state index contributed by atoms with van der Waals surface area (Å²) < 4.78 is 0. The number of benzene rings is 1. The van der Waals surface area contributed by atoms with Crippen molar-refractivity contribution in [3.8, 4) is 0 Å². The van der Waals surface area contributed by atoms with Gasteiger partial charge in [-0.25, -0.2) is 0 Å². The van der Waals surface area contributed by atoms with Gasteiger partial charge < -0.3 is 10.2 Å². The Morgan fingerprint density at radius 3 is 2.48 bits per heavy atom. The molecule has 2 aromatic rings. The molecule has 6 nitrogen and oxygen atoms in total. The first-order valence-electron chi connectivity index (χ1n) is 8.62. The zero-order chi connectivity index (χ0) is 15.6. The molecule has 6 heteroatoms. The summed E-state index contributed by atoms with van der Waals surface area (Å²) in [5.74, 6) is 1.76. The Morgan fingerprint density at radius 1 is 1.00 bits per heavy atom. The molecule has 4 rings (SSSR count). The van der Waals surface area contributed by atoms with E-state index in [2.05, 4.69) is 20.7 Å². The van der Waals surface area contributed by atoms with Gasteiger partial charge in [0, 0.05) is 18.7 Å². The minimum absolute atomic E-state index is 0.124. The number of piperidine rings is 2. The van der Waals surface area contributed by atoms with Gasteiger partial charge in [-0.1, -0.05) is 0 Å². The molecule has 2 fully saturated rings. The molecule has 0 unspecified atom stereocenters. The van der Waals surface area contributed by atoms with E-state index in [9.17, 15) is 4.79 Å². The fourth-order valence-corrected chi connectivity index (χ4v) is 4.05. The smallest absolute Gasteiger partial charge is 0.253 e. The fraction of sp³-hybridized carbons (Fsp3) is 0.588. The van der Waals surface area contributed by atoms with Crippen molar-refractivity contribution in [1.82, 2.24) is 25.6 Å². The second-order valence-electron chi connectivity index (χ2n) is 6.74. The summed E-state index contributed by atoms with van der Waals surface area (Å²) in [7, 11) is 0. The number of rotatable bonds is 2. The van der Waals surface area contributed by atoms with Crippen molar-refractivity contribution in [2.24, 2.45) is 11.8 Å². The van der Waals surface area contributed by atoms with Crippen LogP contribution >= 0.6 is 0 Å². The maximum absolute atomic E-state index is 12.7. The van der Waals surface area contributed by atoms with E-state index in [1.165, 1.54) is 12.8 Å². The summed E-state index contributed by atoms with van der Waals surface area (Å²) in [6, 6.07) is 5.54. The van der Waals surface area contributed by atoms with Crippen LogP contribution in [0.5, 0.6) is 0 Å². The number of carbonyl (C=O) groups excluding carboxylic acids is 1. The van der Waals surface area contributed by atoms with E-state index in [0.29, 0.717) is 5.56 Å². The maximum Gasteiger partial charge on any atom is 0.253 e. The highest BCUT2D eigenvalue weighted by molar-refractivity contribution is 5.97. The lowest BCUT2D eigenvalue weighted by Crippen LogP contribution is -2.42. The number of hydrogen-bond donors (Lipinski definition) is 2. The number of fused-ring (bicyclic) bond motifs is 1. The normalized spacial score (nSPS) is 21.0. The number of H-pyrrole nitrogens is 1. The van der Waals surface area contributed by atoms with Gasteiger partial charge in [0.15, 0.2) is 0 Å². The van der Waals surface area contributed by atoms with Crippen molar-refractivity contribution in [3.63, 3.8) is 0 Å². The third kappa shape index (κ3) is 2.95. The first-order chi connectivity index (χ1) is 11.3. The van der Waals surface area contributed by atoms with Crippen molar-refractivity contribution in [1.29, 1.82) is 0 Å². The highest BCUT2D eigenvalue weighted by Crippen LogP contribution is 2.31. The first kappa shape index (κ1) is 14.6. The molecule has 2 saturated heterocycles. The molecule has 0 radical (unpaired) electrons. The molecule has 23 heavy (non-hydrogen) atoms. The predicted molar refractivity (Wildman–Crippen MR) is 88.1 cm³/mol. The van der Waals surface area contributed by atoms with Crippen LogP contribution in [0.1, 0.15) is 36.0 Å². The Morgan fingerprint density at radius 2 is 1.70 bits per heavy atom. The minimum Gasteiger partial charge on any atom is -0.339 e. The third-order valence-corrected chi connectivity index (χ3v) is 5.44. The van der Waals surface area contributed by atoms with E-state index in [-0.39, 0.29) is 5.91 Å². The SMILES string of the molecule is O=C(c1ccc2n[nH]nc2c1)N1CCC(C2CCNCC2)CC1. The zero-order valence-corrected chi connectivity index (χ0v) is 13.3. The van der Waals surface area contributed by atoms with E-state index in [1.807, 2.05) is 23.1 Å². The van der Waals surface area contributed by atoms with Crippen molar-refractivity contribution >= 4 is 16.9 Å². The number of carbonyl (C=O) groups is 1. The Bertz CT molecular complexity index is 683. The van der Waals surface area contributed by atoms with Crippen molar-refractivity contribution < 1.29 is 4.79 Å². The van der Waals surface area contributed by atoms with Crippen LogP contribution in [0.25, 0.3) is 11.0 Å². The molecular formula is C17H23N5O. The minimum atomic E-state index is 0.124. The quantitative estimate of drug-likeness (QED) is 0.887. The average Bonchev–Trinajstić information content (AvgIpc) is 3.10. The standard InChI is InChI=1S/C17H23N5O/c23-17(14-1-2-15-16(11-14)20-21-19-15)22-9-5-13(6-10-22)12-3-7-18-8-4-12/h1-2,11-13,18H,3-10H2,(H,19,20,21). The monoisotopic (exact) mass is 313 g/mol. The Labute approximate surface area is 135 Å². The molecule has 2 N–H and O–H groups in total. The first-order valence-corrected chi connectivity index (χ1v) is 8.62. The van der Waals surface area contributed by atoms with Crippen LogP contribution in [-0.2, 0) is 0 Å². The van der Waals surface area contributed by atoms with Gasteiger partial charge in [-0.05, 0) is 68.8 Å². The third-order valence-electron chi connectivity index (χ3n) is 5.44. The van der Waals surface area contributed by atoms with Gasteiger partial charge in [0.25, 0.3) is 5.91 Å².